The lowest BCUT2D eigenvalue weighted by Gasteiger charge is -2.44. The molecule has 2 atom stereocenters. The minimum absolute atomic E-state index is 0.0115. The van der Waals surface area contributed by atoms with Gasteiger partial charge in [0.05, 0.1) is 6.10 Å². The summed E-state index contributed by atoms with van der Waals surface area (Å²) in [5, 5.41) is 0. The molecule has 0 aliphatic heterocycles. The molecular formula is C18H30N2O. The predicted molar refractivity (Wildman–Crippen MR) is 88.6 cm³/mol. The number of rotatable bonds is 8. The zero-order valence-corrected chi connectivity index (χ0v) is 13.9. The maximum absolute atomic E-state index is 6.62. The van der Waals surface area contributed by atoms with E-state index in [1.165, 1.54) is 18.4 Å². The second kappa shape index (κ2) is 6.80. The first kappa shape index (κ1) is 16.3. The summed E-state index contributed by atoms with van der Waals surface area (Å²) >= 11 is 0. The molecule has 2 unspecified atom stereocenters. The molecule has 1 aliphatic rings. The molecule has 0 amide bonds. The molecule has 0 heterocycles. The van der Waals surface area contributed by atoms with Crippen LogP contribution in [0.25, 0.3) is 0 Å². The molecule has 3 heteroatoms. The normalized spacial score (nSPS) is 19.3. The van der Waals surface area contributed by atoms with Crippen molar-refractivity contribution >= 4 is 0 Å². The van der Waals surface area contributed by atoms with Crippen molar-refractivity contribution in [1.82, 2.24) is 4.90 Å². The quantitative estimate of drug-likeness (QED) is 0.792. The van der Waals surface area contributed by atoms with E-state index >= 15 is 0 Å². The van der Waals surface area contributed by atoms with Gasteiger partial charge in [-0.1, -0.05) is 32.9 Å². The van der Waals surface area contributed by atoms with Crippen molar-refractivity contribution in [2.75, 3.05) is 13.1 Å². The van der Waals surface area contributed by atoms with Crippen molar-refractivity contribution < 1.29 is 4.74 Å². The summed E-state index contributed by atoms with van der Waals surface area (Å²) in [5.74, 6) is 0.967. The molecule has 3 nitrogen and oxygen atoms in total. The van der Waals surface area contributed by atoms with E-state index in [-0.39, 0.29) is 11.6 Å². The Balaban J connectivity index is 2.13. The number of likely N-dealkylation sites (N-methyl/N-ethyl adjacent to an activating group) is 1. The Morgan fingerprint density at radius 2 is 1.76 bits per heavy atom. The van der Waals surface area contributed by atoms with Crippen LogP contribution in [0, 0.1) is 0 Å². The molecule has 1 aliphatic carbocycles. The Hall–Kier alpha value is -1.06. The summed E-state index contributed by atoms with van der Waals surface area (Å²) in [6.07, 6.45) is 3.87. The number of nitrogens with two attached hydrogens (primary N) is 1. The summed E-state index contributed by atoms with van der Waals surface area (Å²) < 4.78 is 5.81. The van der Waals surface area contributed by atoms with Crippen LogP contribution in [0.1, 0.15) is 58.6 Å². The molecule has 0 aromatic heterocycles. The van der Waals surface area contributed by atoms with Crippen LogP contribution in [0.5, 0.6) is 5.75 Å². The van der Waals surface area contributed by atoms with Crippen LogP contribution in [-0.4, -0.2) is 29.6 Å². The number of hydrogen-bond acceptors (Lipinski definition) is 3. The lowest BCUT2D eigenvalue weighted by atomic mass is 9.83. The summed E-state index contributed by atoms with van der Waals surface area (Å²) in [4.78, 5) is 2.46. The van der Waals surface area contributed by atoms with Crippen LogP contribution in [0.2, 0.25) is 0 Å². The lowest BCUT2D eigenvalue weighted by molar-refractivity contribution is 0.0844. The lowest BCUT2D eigenvalue weighted by Crippen LogP contribution is -2.52. The van der Waals surface area contributed by atoms with E-state index in [4.69, 9.17) is 10.5 Å². The molecular weight excluding hydrogens is 260 g/mol. The van der Waals surface area contributed by atoms with Crippen molar-refractivity contribution in [3.63, 3.8) is 0 Å². The van der Waals surface area contributed by atoms with Crippen molar-refractivity contribution in [3.05, 3.63) is 29.8 Å². The molecule has 1 aromatic carbocycles. The van der Waals surface area contributed by atoms with Crippen LogP contribution < -0.4 is 10.5 Å². The fraction of sp³-hybridized carbons (Fsp3) is 0.667. The van der Waals surface area contributed by atoms with Gasteiger partial charge in [-0.05, 0) is 57.0 Å². The monoisotopic (exact) mass is 290 g/mol. The average Bonchev–Trinajstić information content (AvgIpc) is 3.32. The molecule has 1 fully saturated rings. The highest BCUT2D eigenvalue weighted by atomic mass is 16.5. The van der Waals surface area contributed by atoms with Gasteiger partial charge in [0.15, 0.2) is 0 Å². The van der Waals surface area contributed by atoms with E-state index in [1.807, 2.05) is 0 Å². The van der Waals surface area contributed by atoms with Gasteiger partial charge in [0.1, 0.15) is 5.75 Å². The molecule has 0 radical (unpaired) electrons. The SMILES string of the molecule is CCN(CC)C(C)(CC)C(N)c1ccc(OC2CC2)cc1. The number of nitrogens with zero attached hydrogens (tertiary/aromatic N) is 1. The Kier molecular flexibility index (Phi) is 5.28. The van der Waals surface area contributed by atoms with Gasteiger partial charge in [0.25, 0.3) is 0 Å². The van der Waals surface area contributed by atoms with Crippen LogP contribution in [0.3, 0.4) is 0 Å². The first-order chi connectivity index (χ1) is 10.0. The first-order valence-electron chi connectivity index (χ1n) is 8.32. The minimum Gasteiger partial charge on any atom is -0.490 e. The molecule has 1 aromatic rings. The highest BCUT2D eigenvalue weighted by molar-refractivity contribution is 5.31. The maximum Gasteiger partial charge on any atom is 0.119 e. The zero-order valence-electron chi connectivity index (χ0n) is 13.9. The van der Waals surface area contributed by atoms with Gasteiger partial charge in [0, 0.05) is 11.6 Å². The minimum atomic E-state index is -0.0115. The third kappa shape index (κ3) is 3.58. The topological polar surface area (TPSA) is 38.5 Å². The van der Waals surface area contributed by atoms with Crippen molar-refractivity contribution in [2.45, 2.75) is 64.6 Å². The van der Waals surface area contributed by atoms with Gasteiger partial charge >= 0.3 is 0 Å². The molecule has 0 bridgehead atoms. The Bertz CT molecular complexity index is 437. The summed E-state index contributed by atoms with van der Waals surface area (Å²) in [7, 11) is 0. The molecule has 118 valence electrons. The second-order valence-corrected chi connectivity index (χ2v) is 6.25. The molecule has 0 spiro atoms. The smallest absolute Gasteiger partial charge is 0.119 e. The van der Waals surface area contributed by atoms with E-state index < -0.39 is 0 Å². The third-order valence-corrected chi connectivity index (χ3v) is 4.94. The highest BCUT2D eigenvalue weighted by Gasteiger charge is 2.35. The fourth-order valence-corrected chi connectivity index (χ4v) is 3.08. The van der Waals surface area contributed by atoms with Gasteiger partial charge in [0.2, 0.25) is 0 Å². The highest BCUT2D eigenvalue weighted by Crippen LogP contribution is 2.34. The fourth-order valence-electron chi connectivity index (χ4n) is 3.08. The number of hydrogen-bond donors (Lipinski definition) is 1. The predicted octanol–water partition coefficient (Wildman–Crippen LogP) is 3.74. The van der Waals surface area contributed by atoms with Crippen LogP contribution in [0.15, 0.2) is 24.3 Å². The van der Waals surface area contributed by atoms with Crippen LogP contribution in [0.4, 0.5) is 0 Å². The van der Waals surface area contributed by atoms with Crippen molar-refractivity contribution in [3.8, 4) is 5.75 Å². The first-order valence-corrected chi connectivity index (χ1v) is 8.32. The standard InChI is InChI=1S/C18H30N2O/c1-5-18(4,20(6-2)7-3)17(19)14-8-10-15(11-9-14)21-16-12-13-16/h8-11,16-17H,5-7,12-13,19H2,1-4H3. The van der Waals surface area contributed by atoms with Gasteiger partial charge in [-0.2, -0.15) is 0 Å². The Morgan fingerprint density at radius 1 is 1.19 bits per heavy atom. The third-order valence-electron chi connectivity index (χ3n) is 4.94. The second-order valence-electron chi connectivity index (χ2n) is 6.25. The van der Waals surface area contributed by atoms with E-state index in [9.17, 15) is 0 Å². The molecule has 1 saturated carbocycles. The number of benzene rings is 1. The van der Waals surface area contributed by atoms with E-state index in [2.05, 4.69) is 56.9 Å². The van der Waals surface area contributed by atoms with Crippen LogP contribution >= 0.6 is 0 Å². The number of ether oxygens (including phenoxy) is 1. The van der Waals surface area contributed by atoms with Gasteiger partial charge in [-0.15, -0.1) is 0 Å². The van der Waals surface area contributed by atoms with Crippen molar-refractivity contribution in [2.24, 2.45) is 5.73 Å². The van der Waals surface area contributed by atoms with Crippen molar-refractivity contribution in [1.29, 1.82) is 0 Å². The largest absolute Gasteiger partial charge is 0.490 e. The van der Waals surface area contributed by atoms with Gasteiger partial charge < -0.3 is 10.5 Å². The summed E-state index contributed by atoms with van der Waals surface area (Å²) in [5.41, 5.74) is 7.79. The molecule has 2 N–H and O–H groups in total. The van der Waals surface area contributed by atoms with Crippen LogP contribution in [-0.2, 0) is 0 Å². The zero-order chi connectivity index (χ0) is 15.5. The maximum atomic E-state index is 6.62. The summed E-state index contributed by atoms with van der Waals surface area (Å²) in [6, 6.07) is 8.38. The van der Waals surface area contributed by atoms with Gasteiger partial charge in [-0.25, -0.2) is 0 Å². The van der Waals surface area contributed by atoms with E-state index in [0.29, 0.717) is 6.10 Å². The van der Waals surface area contributed by atoms with Gasteiger partial charge in [-0.3, -0.25) is 4.90 Å². The summed E-state index contributed by atoms with van der Waals surface area (Å²) in [6.45, 7) is 11.0. The molecule has 21 heavy (non-hydrogen) atoms. The average molecular weight is 290 g/mol. The molecule has 2 rings (SSSR count). The van der Waals surface area contributed by atoms with E-state index in [1.54, 1.807) is 0 Å². The molecule has 0 saturated heterocycles. The Labute approximate surface area is 129 Å². The Morgan fingerprint density at radius 3 is 2.19 bits per heavy atom. The van der Waals surface area contributed by atoms with E-state index in [0.717, 1.165) is 25.3 Å².